The molecule has 0 bridgehead atoms. The normalized spacial score (nSPS) is 33.3. The fraction of sp³-hybridized carbons (Fsp3) is 0.923. The molecule has 0 aromatic carbocycles. The summed E-state index contributed by atoms with van der Waals surface area (Å²) >= 11 is 3.47. The van der Waals surface area contributed by atoms with Crippen molar-refractivity contribution in [2.45, 2.75) is 51.2 Å². The molecule has 2 heterocycles. The number of likely N-dealkylation sites (tertiary alicyclic amines) is 1. The van der Waals surface area contributed by atoms with Crippen molar-refractivity contribution in [3.05, 3.63) is 0 Å². The highest BCUT2D eigenvalue weighted by molar-refractivity contribution is 9.09. The van der Waals surface area contributed by atoms with Crippen LogP contribution in [0.2, 0.25) is 0 Å². The maximum atomic E-state index is 12.5. The summed E-state index contributed by atoms with van der Waals surface area (Å²) in [6, 6.07) is 0.479. The van der Waals surface area contributed by atoms with Gasteiger partial charge in [-0.05, 0) is 39.0 Å². The molecular formula is C13H22BrNO2. The Balaban J connectivity index is 1.93. The van der Waals surface area contributed by atoms with E-state index in [1.54, 1.807) is 0 Å². The van der Waals surface area contributed by atoms with Gasteiger partial charge in [0, 0.05) is 24.5 Å². The van der Waals surface area contributed by atoms with Gasteiger partial charge in [-0.25, -0.2) is 0 Å². The topological polar surface area (TPSA) is 29.5 Å². The summed E-state index contributed by atoms with van der Waals surface area (Å²) in [5, 5.41) is 1.04. The lowest BCUT2D eigenvalue weighted by Crippen LogP contribution is -2.41. The number of alkyl halides is 1. The first-order valence-corrected chi connectivity index (χ1v) is 7.84. The second-order valence-corrected chi connectivity index (χ2v) is 5.92. The minimum Gasteiger partial charge on any atom is -0.378 e. The average molecular weight is 304 g/mol. The molecule has 1 amide bonds. The molecule has 0 aliphatic carbocycles. The molecular weight excluding hydrogens is 282 g/mol. The molecule has 2 rings (SSSR count). The molecule has 0 aromatic rings. The van der Waals surface area contributed by atoms with Gasteiger partial charge < -0.3 is 9.64 Å². The molecule has 3 atom stereocenters. The zero-order chi connectivity index (χ0) is 12.3. The van der Waals surface area contributed by atoms with Gasteiger partial charge in [-0.1, -0.05) is 15.9 Å². The first-order valence-electron chi connectivity index (χ1n) is 6.72. The number of carbonyl (C=O) groups excluding carboxylic acids is 1. The SMILES string of the molecule is CC1OCCC1C(=O)N1CCCC1CCCBr. The molecule has 98 valence electrons. The van der Waals surface area contributed by atoms with Crippen LogP contribution in [0.15, 0.2) is 0 Å². The van der Waals surface area contributed by atoms with Crippen LogP contribution in [0.4, 0.5) is 0 Å². The molecule has 0 radical (unpaired) electrons. The molecule has 2 saturated heterocycles. The summed E-state index contributed by atoms with van der Waals surface area (Å²) in [6.45, 7) is 3.73. The number of carbonyl (C=O) groups is 1. The summed E-state index contributed by atoms with van der Waals surface area (Å²) in [4.78, 5) is 14.6. The number of nitrogens with zero attached hydrogens (tertiary/aromatic N) is 1. The van der Waals surface area contributed by atoms with Crippen LogP contribution in [-0.4, -0.2) is 41.4 Å². The highest BCUT2D eigenvalue weighted by atomic mass is 79.9. The van der Waals surface area contributed by atoms with Gasteiger partial charge in [0.25, 0.3) is 0 Å². The van der Waals surface area contributed by atoms with Crippen molar-refractivity contribution in [1.82, 2.24) is 4.90 Å². The average Bonchev–Trinajstić information content (AvgIpc) is 2.94. The van der Waals surface area contributed by atoms with E-state index in [9.17, 15) is 4.79 Å². The molecule has 0 saturated carbocycles. The molecule has 2 aliphatic heterocycles. The molecule has 4 heteroatoms. The van der Waals surface area contributed by atoms with E-state index in [2.05, 4.69) is 20.8 Å². The number of rotatable bonds is 4. The minimum atomic E-state index is 0.111. The zero-order valence-electron chi connectivity index (χ0n) is 10.5. The van der Waals surface area contributed by atoms with E-state index in [1.807, 2.05) is 6.92 Å². The molecule has 3 unspecified atom stereocenters. The van der Waals surface area contributed by atoms with Crippen molar-refractivity contribution in [2.75, 3.05) is 18.5 Å². The Morgan fingerprint density at radius 1 is 1.47 bits per heavy atom. The summed E-state index contributed by atoms with van der Waals surface area (Å²) in [7, 11) is 0. The molecule has 2 aliphatic rings. The Labute approximate surface area is 112 Å². The van der Waals surface area contributed by atoms with Crippen LogP contribution in [-0.2, 0) is 9.53 Å². The lowest BCUT2D eigenvalue weighted by atomic mass is 10.00. The number of hydrogen-bond acceptors (Lipinski definition) is 2. The van der Waals surface area contributed by atoms with E-state index >= 15 is 0 Å². The van der Waals surface area contributed by atoms with Crippen LogP contribution in [0.3, 0.4) is 0 Å². The molecule has 17 heavy (non-hydrogen) atoms. The van der Waals surface area contributed by atoms with Crippen LogP contribution < -0.4 is 0 Å². The van der Waals surface area contributed by atoms with Gasteiger partial charge in [0.2, 0.25) is 5.91 Å². The second-order valence-electron chi connectivity index (χ2n) is 5.13. The number of ether oxygens (including phenoxy) is 1. The highest BCUT2D eigenvalue weighted by Crippen LogP contribution is 2.28. The van der Waals surface area contributed by atoms with Gasteiger partial charge in [-0.2, -0.15) is 0 Å². The third-order valence-corrected chi connectivity index (χ3v) is 4.59. The van der Waals surface area contributed by atoms with Gasteiger partial charge in [-0.15, -0.1) is 0 Å². The summed E-state index contributed by atoms with van der Waals surface area (Å²) in [6.07, 6.45) is 5.66. The predicted molar refractivity (Wildman–Crippen MR) is 71.3 cm³/mol. The molecule has 2 fully saturated rings. The number of halogens is 1. The third kappa shape index (κ3) is 3.02. The minimum absolute atomic E-state index is 0.111. The summed E-state index contributed by atoms with van der Waals surface area (Å²) < 4.78 is 5.51. The van der Waals surface area contributed by atoms with Crippen molar-refractivity contribution in [3.8, 4) is 0 Å². The van der Waals surface area contributed by atoms with Gasteiger partial charge in [-0.3, -0.25) is 4.79 Å². The fourth-order valence-electron chi connectivity index (χ4n) is 3.01. The van der Waals surface area contributed by atoms with Gasteiger partial charge >= 0.3 is 0 Å². The van der Waals surface area contributed by atoms with Gasteiger partial charge in [0.1, 0.15) is 0 Å². The maximum Gasteiger partial charge on any atom is 0.228 e. The number of hydrogen-bond donors (Lipinski definition) is 0. The van der Waals surface area contributed by atoms with Crippen molar-refractivity contribution < 1.29 is 9.53 Å². The Morgan fingerprint density at radius 3 is 2.94 bits per heavy atom. The van der Waals surface area contributed by atoms with Gasteiger partial charge in [0.15, 0.2) is 0 Å². The van der Waals surface area contributed by atoms with Gasteiger partial charge in [0.05, 0.1) is 12.0 Å². The Morgan fingerprint density at radius 2 is 2.29 bits per heavy atom. The standard InChI is InChI=1S/C13H22BrNO2/c1-10-12(6-9-17-10)13(16)15-8-3-5-11(15)4-2-7-14/h10-12H,2-9H2,1H3. The predicted octanol–water partition coefficient (Wildman–Crippen LogP) is 2.58. The van der Waals surface area contributed by atoms with E-state index in [-0.39, 0.29) is 12.0 Å². The maximum absolute atomic E-state index is 12.5. The Hall–Kier alpha value is -0.0900. The van der Waals surface area contributed by atoms with Crippen LogP contribution in [0, 0.1) is 5.92 Å². The van der Waals surface area contributed by atoms with Crippen LogP contribution >= 0.6 is 15.9 Å². The van der Waals surface area contributed by atoms with E-state index < -0.39 is 0 Å². The second kappa shape index (κ2) is 6.19. The summed E-state index contributed by atoms with van der Waals surface area (Å²) in [5.41, 5.74) is 0. The fourth-order valence-corrected chi connectivity index (χ4v) is 3.33. The van der Waals surface area contributed by atoms with Crippen molar-refractivity contribution in [3.63, 3.8) is 0 Å². The monoisotopic (exact) mass is 303 g/mol. The van der Waals surface area contributed by atoms with Crippen LogP contribution in [0.1, 0.15) is 39.0 Å². The van der Waals surface area contributed by atoms with Crippen LogP contribution in [0.5, 0.6) is 0 Å². The lowest BCUT2D eigenvalue weighted by molar-refractivity contribution is -0.137. The van der Waals surface area contributed by atoms with Crippen molar-refractivity contribution in [2.24, 2.45) is 5.92 Å². The van der Waals surface area contributed by atoms with Crippen LogP contribution in [0.25, 0.3) is 0 Å². The first kappa shape index (κ1) is 13.3. The molecule has 0 aromatic heterocycles. The summed E-state index contributed by atoms with van der Waals surface area (Å²) in [5.74, 6) is 0.451. The Kier molecular flexibility index (Phi) is 4.86. The lowest BCUT2D eigenvalue weighted by Gasteiger charge is -2.28. The first-order chi connectivity index (χ1) is 8.24. The zero-order valence-corrected chi connectivity index (χ0v) is 12.1. The van der Waals surface area contributed by atoms with Crippen molar-refractivity contribution >= 4 is 21.8 Å². The number of amides is 1. The van der Waals surface area contributed by atoms with E-state index in [1.165, 1.54) is 12.8 Å². The van der Waals surface area contributed by atoms with Crippen molar-refractivity contribution in [1.29, 1.82) is 0 Å². The van der Waals surface area contributed by atoms with E-state index in [4.69, 9.17) is 4.74 Å². The largest absolute Gasteiger partial charge is 0.378 e. The quantitative estimate of drug-likeness (QED) is 0.747. The van der Waals surface area contributed by atoms with E-state index in [0.29, 0.717) is 11.9 Å². The Bertz CT molecular complexity index is 272. The molecule has 0 spiro atoms. The smallest absolute Gasteiger partial charge is 0.228 e. The third-order valence-electron chi connectivity index (χ3n) is 4.02. The highest BCUT2D eigenvalue weighted by Gasteiger charge is 2.37. The van der Waals surface area contributed by atoms with E-state index in [0.717, 1.165) is 37.7 Å². The molecule has 3 nitrogen and oxygen atoms in total. The molecule has 0 N–H and O–H groups in total.